The van der Waals surface area contributed by atoms with E-state index in [1.54, 1.807) is 24.6 Å². The molecule has 1 atom stereocenters. The predicted octanol–water partition coefficient (Wildman–Crippen LogP) is 2.28. The molecule has 1 unspecified atom stereocenters. The van der Waals surface area contributed by atoms with Gasteiger partial charge in [0.2, 0.25) is 5.89 Å². The number of rotatable bonds is 8. The third kappa shape index (κ3) is 3.89. The molecule has 0 fully saturated rings. The zero-order valence-corrected chi connectivity index (χ0v) is 12.6. The lowest BCUT2D eigenvalue weighted by molar-refractivity contribution is 0.0953. The number of methoxy groups -OCH3 is 1. The molecular weight excluding hydrogens is 276 g/mol. The highest BCUT2D eigenvalue weighted by Gasteiger charge is 2.23. The highest BCUT2D eigenvalue weighted by atomic mass is 32.1. The fourth-order valence-corrected chi connectivity index (χ4v) is 2.66. The number of aliphatic hydroxyl groups is 1. The first-order valence-corrected chi connectivity index (χ1v) is 7.38. The van der Waals surface area contributed by atoms with Crippen molar-refractivity contribution < 1.29 is 14.3 Å². The van der Waals surface area contributed by atoms with E-state index >= 15 is 0 Å². The van der Waals surface area contributed by atoms with Crippen molar-refractivity contribution in [1.82, 2.24) is 10.3 Å². The molecule has 6 heteroatoms. The van der Waals surface area contributed by atoms with Gasteiger partial charge in [-0.15, -0.1) is 11.3 Å². The molecule has 0 saturated carbocycles. The van der Waals surface area contributed by atoms with E-state index in [1.807, 2.05) is 24.4 Å². The molecule has 2 N–H and O–H groups in total. The molecule has 0 spiro atoms. The van der Waals surface area contributed by atoms with Crippen LogP contribution in [0.4, 0.5) is 0 Å². The van der Waals surface area contributed by atoms with Gasteiger partial charge in [-0.2, -0.15) is 0 Å². The van der Waals surface area contributed by atoms with Gasteiger partial charge in [-0.25, -0.2) is 4.98 Å². The minimum absolute atomic E-state index is 0.110. The van der Waals surface area contributed by atoms with Gasteiger partial charge in [0.25, 0.3) is 0 Å². The van der Waals surface area contributed by atoms with Gasteiger partial charge >= 0.3 is 0 Å². The van der Waals surface area contributed by atoms with Gasteiger partial charge in [0.15, 0.2) is 5.76 Å². The molecule has 0 aromatic carbocycles. The molecule has 0 amide bonds. The summed E-state index contributed by atoms with van der Waals surface area (Å²) in [5, 5.41) is 14.5. The van der Waals surface area contributed by atoms with E-state index in [4.69, 9.17) is 14.3 Å². The second-order valence-corrected chi connectivity index (χ2v) is 5.86. The Bertz CT molecular complexity index is 504. The second-order valence-electron chi connectivity index (χ2n) is 4.92. The van der Waals surface area contributed by atoms with Gasteiger partial charge in [0.05, 0.1) is 24.2 Å². The van der Waals surface area contributed by atoms with E-state index in [0.717, 1.165) is 10.6 Å². The summed E-state index contributed by atoms with van der Waals surface area (Å²) in [5.74, 6) is 1.42. The normalized spacial score (nSPS) is 14.3. The van der Waals surface area contributed by atoms with Crippen LogP contribution in [0, 0.1) is 0 Å². The summed E-state index contributed by atoms with van der Waals surface area (Å²) in [6.07, 6.45) is 2.35. The number of thiophene rings is 1. The van der Waals surface area contributed by atoms with Crippen molar-refractivity contribution in [3.63, 3.8) is 0 Å². The highest BCUT2D eigenvalue weighted by molar-refractivity contribution is 7.13. The lowest BCUT2D eigenvalue weighted by atomic mass is 9.99. The monoisotopic (exact) mass is 296 g/mol. The minimum atomic E-state index is -0.291. The molecule has 0 saturated heterocycles. The molecule has 0 bridgehead atoms. The van der Waals surface area contributed by atoms with Gasteiger partial charge in [-0.05, 0) is 24.8 Å². The van der Waals surface area contributed by atoms with E-state index < -0.39 is 0 Å². The Labute approximate surface area is 122 Å². The Morgan fingerprint density at radius 2 is 2.40 bits per heavy atom. The first-order valence-electron chi connectivity index (χ1n) is 6.50. The average molecular weight is 296 g/mol. The number of ether oxygens (including phenoxy) is 1. The summed E-state index contributed by atoms with van der Waals surface area (Å²) in [7, 11) is 1.65. The maximum atomic E-state index is 9.12. The molecule has 5 nitrogen and oxygen atoms in total. The number of hydrogen-bond donors (Lipinski definition) is 2. The van der Waals surface area contributed by atoms with Crippen molar-refractivity contribution in [2.45, 2.75) is 25.4 Å². The van der Waals surface area contributed by atoms with E-state index in [1.165, 1.54) is 0 Å². The van der Waals surface area contributed by atoms with Crippen LogP contribution < -0.4 is 5.32 Å². The number of oxazole rings is 1. The third-order valence-electron chi connectivity index (χ3n) is 3.11. The fraction of sp³-hybridized carbons (Fsp3) is 0.500. The fourth-order valence-electron chi connectivity index (χ4n) is 1.99. The first kappa shape index (κ1) is 15.2. The summed E-state index contributed by atoms with van der Waals surface area (Å²) in [6.45, 7) is 3.14. The van der Waals surface area contributed by atoms with E-state index in [-0.39, 0.29) is 12.1 Å². The Balaban J connectivity index is 1.96. The van der Waals surface area contributed by atoms with Crippen LogP contribution in [0.1, 0.15) is 19.2 Å². The van der Waals surface area contributed by atoms with Crippen molar-refractivity contribution >= 4 is 11.3 Å². The molecule has 0 aliphatic rings. The Kier molecular flexibility index (Phi) is 5.31. The Morgan fingerprint density at radius 1 is 1.55 bits per heavy atom. The first-order chi connectivity index (χ1) is 9.67. The largest absolute Gasteiger partial charge is 0.438 e. The van der Waals surface area contributed by atoms with Crippen molar-refractivity contribution in [1.29, 1.82) is 0 Å². The third-order valence-corrected chi connectivity index (χ3v) is 3.99. The van der Waals surface area contributed by atoms with Crippen LogP contribution in [0.5, 0.6) is 0 Å². The Hall–Kier alpha value is -1.21. The molecule has 2 heterocycles. The summed E-state index contributed by atoms with van der Waals surface area (Å²) in [6, 6.07) is 3.99. The molecule has 2 aromatic rings. The summed E-state index contributed by atoms with van der Waals surface area (Å²) < 4.78 is 10.9. The number of nitrogens with one attached hydrogen (secondary N) is 1. The van der Waals surface area contributed by atoms with Crippen LogP contribution >= 0.6 is 11.3 Å². The number of hydrogen-bond acceptors (Lipinski definition) is 6. The average Bonchev–Trinajstić information content (AvgIpc) is 3.08. The van der Waals surface area contributed by atoms with Crippen molar-refractivity contribution in [3.8, 4) is 10.6 Å². The van der Waals surface area contributed by atoms with Crippen LogP contribution in [0.3, 0.4) is 0 Å². The van der Waals surface area contributed by atoms with E-state index in [9.17, 15) is 0 Å². The number of nitrogens with zero attached hydrogens (tertiary/aromatic N) is 1. The van der Waals surface area contributed by atoms with Crippen LogP contribution in [0.2, 0.25) is 0 Å². The molecule has 0 aliphatic carbocycles. The lowest BCUT2D eigenvalue weighted by Crippen LogP contribution is -2.46. The molecule has 0 aliphatic heterocycles. The van der Waals surface area contributed by atoms with Gasteiger partial charge < -0.3 is 19.6 Å². The molecule has 2 rings (SSSR count). The van der Waals surface area contributed by atoms with Crippen LogP contribution in [0.25, 0.3) is 10.6 Å². The van der Waals surface area contributed by atoms with Gasteiger partial charge in [0.1, 0.15) is 0 Å². The summed E-state index contributed by atoms with van der Waals surface area (Å²) in [5.41, 5.74) is -0.291. The highest BCUT2D eigenvalue weighted by Crippen LogP contribution is 2.25. The van der Waals surface area contributed by atoms with Crippen LogP contribution in [0.15, 0.2) is 28.1 Å². The molecule has 20 heavy (non-hydrogen) atoms. The minimum Gasteiger partial charge on any atom is -0.438 e. The maximum absolute atomic E-state index is 9.12. The molecular formula is C14H20N2O3S. The van der Waals surface area contributed by atoms with Gasteiger partial charge in [-0.3, -0.25) is 0 Å². The second kappa shape index (κ2) is 6.99. The summed E-state index contributed by atoms with van der Waals surface area (Å²) >= 11 is 1.62. The standard InChI is InChI=1S/C14H20N2O3S/c1-14(5-6-17,10-18-2)16-9-13-15-8-11(19-13)12-4-3-7-20-12/h3-4,7-8,16-17H,5-6,9-10H2,1-2H3. The van der Waals surface area contributed by atoms with Crippen molar-refractivity contribution in [3.05, 3.63) is 29.6 Å². The van der Waals surface area contributed by atoms with Crippen molar-refractivity contribution in [2.75, 3.05) is 20.3 Å². The molecule has 0 radical (unpaired) electrons. The number of aliphatic hydroxyl groups excluding tert-OH is 1. The maximum Gasteiger partial charge on any atom is 0.208 e. The molecule has 110 valence electrons. The zero-order chi connectivity index (χ0) is 14.4. The smallest absolute Gasteiger partial charge is 0.208 e. The van der Waals surface area contributed by atoms with Crippen LogP contribution in [-0.2, 0) is 11.3 Å². The van der Waals surface area contributed by atoms with Gasteiger partial charge in [-0.1, -0.05) is 6.07 Å². The zero-order valence-electron chi connectivity index (χ0n) is 11.8. The number of aromatic nitrogens is 1. The predicted molar refractivity (Wildman–Crippen MR) is 78.6 cm³/mol. The topological polar surface area (TPSA) is 67.5 Å². The summed E-state index contributed by atoms with van der Waals surface area (Å²) in [4.78, 5) is 5.34. The van der Waals surface area contributed by atoms with E-state index in [0.29, 0.717) is 25.5 Å². The van der Waals surface area contributed by atoms with Crippen molar-refractivity contribution in [2.24, 2.45) is 0 Å². The van der Waals surface area contributed by atoms with E-state index in [2.05, 4.69) is 10.3 Å². The molecule has 2 aromatic heterocycles. The SMILES string of the molecule is COCC(C)(CCO)NCc1ncc(-c2cccs2)o1. The van der Waals surface area contributed by atoms with Gasteiger partial charge in [0, 0.05) is 19.3 Å². The Morgan fingerprint density at radius 3 is 3.05 bits per heavy atom. The quantitative estimate of drug-likeness (QED) is 0.782. The van der Waals surface area contributed by atoms with Crippen LogP contribution in [-0.4, -0.2) is 36.0 Å². The lowest BCUT2D eigenvalue weighted by Gasteiger charge is -2.29.